The van der Waals surface area contributed by atoms with Crippen LogP contribution in [0.25, 0.3) is 0 Å². The highest BCUT2D eigenvalue weighted by Crippen LogP contribution is 2.10. The zero-order valence-electron chi connectivity index (χ0n) is 17.7. The Bertz CT molecular complexity index is 408. The van der Waals surface area contributed by atoms with Gasteiger partial charge in [-0.1, -0.05) is 71.1 Å². The van der Waals surface area contributed by atoms with E-state index in [1.807, 2.05) is 0 Å². The second kappa shape index (κ2) is 20.2. The van der Waals surface area contributed by atoms with Crippen molar-refractivity contribution in [1.82, 2.24) is 0 Å². The fourth-order valence-corrected chi connectivity index (χ4v) is 2.86. The quantitative estimate of drug-likeness (QED) is 0.217. The summed E-state index contributed by atoms with van der Waals surface area (Å²) in [7, 11) is 0. The number of hydrogen-bond donors (Lipinski definition) is 1. The summed E-state index contributed by atoms with van der Waals surface area (Å²) in [6, 6.07) is 0. The minimum atomic E-state index is -0.979. The van der Waals surface area contributed by atoms with Gasteiger partial charge in [0.1, 0.15) is 0 Å². The summed E-state index contributed by atoms with van der Waals surface area (Å²) in [4.78, 5) is 33.1. The minimum absolute atomic E-state index is 0.0520. The second-order valence-electron chi connectivity index (χ2n) is 7.33. The van der Waals surface area contributed by atoms with E-state index in [0.717, 1.165) is 57.8 Å². The summed E-state index contributed by atoms with van der Waals surface area (Å²) < 4.78 is 10.2. The maximum absolute atomic E-state index is 11.6. The van der Waals surface area contributed by atoms with E-state index in [4.69, 9.17) is 14.6 Å². The summed E-state index contributed by atoms with van der Waals surface area (Å²) in [6.45, 7) is 3.10. The van der Waals surface area contributed by atoms with Crippen molar-refractivity contribution in [2.24, 2.45) is 0 Å². The Morgan fingerprint density at radius 2 is 1.00 bits per heavy atom. The van der Waals surface area contributed by atoms with Crippen LogP contribution in [-0.2, 0) is 23.9 Å². The molecule has 0 heterocycles. The average Bonchev–Trinajstić information content (AvgIpc) is 2.67. The summed E-state index contributed by atoms with van der Waals surface area (Å²) in [5.74, 6) is -1.47. The summed E-state index contributed by atoms with van der Waals surface area (Å²) in [6.07, 6.45) is 14.5. The molecule has 6 nitrogen and oxygen atoms in total. The number of esters is 2. The van der Waals surface area contributed by atoms with E-state index < -0.39 is 11.9 Å². The normalized spacial score (nSPS) is 10.6. The molecule has 164 valence electrons. The molecule has 0 saturated carbocycles. The highest BCUT2D eigenvalue weighted by Gasteiger charge is 2.06. The van der Waals surface area contributed by atoms with E-state index in [1.54, 1.807) is 0 Å². The molecule has 0 aliphatic heterocycles. The van der Waals surface area contributed by atoms with Gasteiger partial charge in [0.25, 0.3) is 0 Å². The second-order valence-corrected chi connectivity index (χ2v) is 7.33. The highest BCUT2D eigenvalue weighted by molar-refractivity contribution is 5.76. The van der Waals surface area contributed by atoms with Crippen LogP contribution in [0, 0.1) is 0 Å². The van der Waals surface area contributed by atoms with E-state index in [2.05, 4.69) is 6.92 Å². The molecule has 0 radical (unpaired) electrons. The summed E-state index contributed by atoms with van der Waals surface area (Å²) >= 11 is 0. The Kier molecular flexibility index (Phi) is 19.0. The number of ether oxygens (including phenoxy) is 2. The van der Waals surface area contributed by atoms with Gasteiger partial charge < -0.3 is 14.6 Å². The number of carboxylic acid groups (broad SMARTS) is 1. The van der Waals surface area contributed by atoms with E-state index in [0.29, 0.717) is 19.6 Å². The Balaban J connectivity index is 3.22. The fourth-order valence-electron chi connectivity index (χ4n) is 2.86. The topological polar surface area (TPSA) is 89.9 Å². The molecule has 0 bridgehead atoms. The van der Waals surface area contributed by atoms with Gasteiger partial charge >= 0.3 is 17.9 Å². The molecule has 0 aliphatic rings. The summed E-state index contributed by atoms with van der Waals surface area (Å²) in [5.41, 5.74) is 0. The number of hydrogen-bond acceptors (Lipinski definition) is 5. The van der Waals surface area contributed by atoms with Crippen LogP contribution in [0.2, 0.25) is 0 Å². The molecule has 0 fully saturated rings. The Morgan fingerprint density at radius 3 is 1.50 bits per heavy atom. The molecule has 6 heteroatoms. The zero-order chi connectivity index (χ0) is 20.9. The molecule has 0 unspecified atom stereocenters. The first kappa shape index (κ1) is 26.4. The highest BCUT2D eigenvalue weighted by atomic mass is 16.5. The van der Waals surface area contributed by atoms with Crippen LogP contribution >= 0.6 is 0 Å². The largest absolute Gasteiger partial charge is 0.481 e. The van der Waals surface area contributed by atoms with Crippen LogP contribution in [-0.4, -0.2) is 36.2 Å². The molecule has 0 atom stereocenters. The smallest absolute Gasteiger partial charge is 0.306 e. The third-order valence-corrected chi connectivity index (χ3v) is 4.59. The average molecular weight is 401 g/mol. The molecule has 0 aromatic rings. The lowest BCUT2D eigenvalue weighted by atomic mass is 10.1. The van der Waals surface area contributed by atoms with E-state index in [9.17, 15) is 14.4 Å². The van der Waals surface area contributed by atoms with Crippen LogP contribution in [0.3, 0.4) is 0 Å². The maximum Gasteiger partial charge on any atom is 0.306 e. The molecule has 0 aliphatic carbocycles. The Labute approximate surface area is 170 Å². The first-order valence-electron chi connectivity index (χ1n) is 11.1. The van der Waals surface area contributed by atoms with Crippen LogP contribution in [0.5, 0.6) is 0 Å². The van der Waals surface area contributed by atoms with E-state index >= 15 is 0 Å². The monoisotopic (exact) mass is 400 g/mol. The summed E-state index contributed by atoms with van der Waals surface area (Å²) in [5, 5.41) is 8.47. The van der Waals surface area contributed by atoms with E-state index in [-0.39, 0.29) is 18.8 Å². The molecule has 0 rings (SSSR count). The van der Waals surface area contributed by atoms with Crippen molar-refractivity contribution in [3.63, 3.8) is 0 Å². The molecular formula is C22H40O6. The first-order valence-corrected chi connectivity index (χ1v) is 11.1. The van der Waals surface area contributed by atoms with Gasteiger partial charge in [-0.15, -0.1) is 0 Å². The fraction of sp³-hybridized carbons (Fsp3) is 0.864. The third kappa shape index (κ3) is 20.7. The Morgan fingerprint density at radius 1 is 0.571 bits per heavy atom. The number of carbonyl (C=O) groups is 3. The van der Waals surface area contributed by atoms with Gasteiger partial charge in [-0.3, -0.25) is 14.4 Å². The number of unbranched alkanes of at least 4 members (excludes halogenated alkanes) is 11. The van der Waals surface area contributed by atoms with Crippen LogP contribution in [0.4, 0.5) is 0 Å². The van der Waals surface area contributed by atoms with Crippen molar-refractivity contribution in [2.45, 2.75) is 110 Å². The predicted octanol–water partition coefficient (Wildman–Crippen LogP) is 5.42. The zero-order valence-corrected chi connectivity index (χ0v) is 17.7. The predicted molar refractivity (Wildman–Crippen MR) is 109 cm³/mol. The third-order valence-electron chi connectivity index (χ3n) is 4.59. The van der Waals surface area contributed by atoms with Crippen LogP contribution in [0.1, 0.15) is 110 Å². The van der Waals surface area contributed by atoms with Gasteiger partial charge in [0.05, 0.1) is 26.1 Å². The van der Waals surface area contributed by atoms with E-state index in [1.165, 1.54) is 25.7 Å². The SMILES string of the molecule is CCCCCCCC(=O)OCCCCCCCCCCOC(=O)CCC(=O)O. The van der Waals surface area contributed by atoms with Crippen LogP contribution < -0.4 is 0 Å². The van der Waals surface area contributed by atoms with Crippen molar-refractivity contribution >= 4 is 17.9 Å². The molecule has 0 aromatic heterocycles. The number of aliphatic carboxylic acids is 1. The van der Waals surface area contributed by atoms with Crippen molar-refractivity contribution in [2.75, 3.05) is 13.2 Å². The molecule has 0 saturated heterocycles. The van der Waals surface area contributed by atoms with Gasteiger partial charge in [-0.25, -0.2) is 0 Å². The Hall–Kier alpha value is -1.59. The molecular weight excluding hydrogens is 360 g/mol. The first-order chi connectivity index (χ1) is 13.6. The van der Waals surface area contributed by atoms with Gasteiger partial charge in [-0.05, 0) is 19.3 Å². The molecule has 1 N–H and O–H groups in total. The molecule has 28 heavy (non-hydrogen) atoms. The number of carboxylic acids is 1. The maximum atomic E-state index is 11.6. The molecule has 0 aromatic carbocycles. The van der Waals surface area contributed by atoms with Crippen molar-refractivity contribution in [3.05, 3.63) is 0 Å². The lowest BCUT2D eigenvalue weighted by Crippen LogP contribution is -2.08. The van der Waals surface area contributed by atoms with Crippen LogP contribution in [0.15, 0.2) is 0 Å². The lowest BCUT2D eigenvalue weighted by molar-refractivity contribution is -0.147. The van der Waals surface area contributed by atoms with Crippen molar-refractivity contribution in [1.29, 1.82) is 0 Å². The van der Waals surface area contributed by atoms with Gasteiger partial charge in [0.15, 0.2) is 0 Å². The molecule has 0 amide bonds. The van der Waals surface area contributed by atoms with Gasteiger partial charge in [0.2, 0.25) is 0 Å². The lowest BCUT2D eigenvalue weighted by Gasteiger charge is -2.06. The van der Waals surface area contributed by atoms with Gasteiger partial charge in [0, 0.05) is 6.42 Å². The minimum Gasteiger partial charge on any atom is -0.481 e. The number of carbonyl (C=O) groups excluding carboxylic acids is 2. The van der Waals surface area contributed by atoms with Gasteiger partial charge in [-0.2, -0.15) is 0 Å². The standard InChI is InChI=1S/C22H40O6/c1-2-3-4-9-12-15-21(25)27-18-13-10-7-5-6-8-11-14-19-28-22(26)17-16-20(23)24/h2-19H2,1H3,(H,23,24). The molecule has 0 spiro atoms. The number of rotatable bonds is 20. The van der Waals surface area contributed by atoms with Crippen molar-refractivity contribution < 1.29 is 29.0 Å². The van der Waals surface area contributed by atoms with Crippen molar-refractivity contribution in [3.8, 4) is 0 Å².